The number of hydrogen-bond donors (Lipinski definition) is 1. The van der Waals surface area contributed by atoms with E-state index >= 15 is 0 Å². The molecule has 2 rings (SSSR count). The summed E-state index contributed by atoms with van der Waals surface area (Å²) in [6.45, 7) is 5.45. The highest BCUT2D eigenvalue weighted by atomic mass is 32.1. The SMILES string of the molecule is CCC1(CC)CC(CN)(c2cccs2)C1. The van der Waals surface area contributed by atoms with Gasteiger partial charge in [-0.1, -0.05) is 32.8 Å². The first-order chi connectivity index (χ1) is 7.20. The molecule has 1 fully saturated rings. The fourth-order valence-electron chi connectivity index (χ4n) is 3.13. The van der Waals surface area contributed by atoms with Gasteiger partial charge in [0.25, 0.3) is 0 Å². The summed E-state index contributed by atoms with van der Waals surface area (Å²) in [6, 6.07) is 4.40. The number of thiophene rings is 1. The van der Waals surface area contributed by atoms with Crippen LogP contribution < -0.4 is 5.73 Å². The zero-order valence-corrected chi connectivity index (χ0v) is 10.6. The lowest BCUT2D eigenvalue weighted by Crippen LogP contribution is -2.53. The van der Waals surface area contributed by atoms with E-state index < -0.39 is 0 Å². The Hall–Kier alpha value is -0.340. The summed E-state index contributed by atoms with van der Waals surface area (Å²) in [7, 11) is 0. The molecule has 1 aromatic rings. The Morgan fingerprint density at radius 2 is 2.00 bits per heavy atom. The molecule has 0 spiro atoms. The third-order valence-corrected chi connectivity index (χ3v) is 5.48. The molecule has 0 unspecified atom stereocenters. The molecule has 0 aliphatic heterocycles. The summed E-state index contributed by atoms with van der Waals surface area (Å²) in [5, 5.41) is 2.17. The maximum atomic E-state index is 6.00. The van der Waals surface area contributed by atoms with Crippen molar-refractivity contribution in [2.75, 3.05) is 6.54 Å². The maximum Gasteiger partial charge on any atom is 0.0180 e. The molecule has 0 radical (unpaired) electrons. The first kappa shape index (κ1) is 11.2. The third kappa shape index (κ3) is 1.64. The minimum atomic E-state index is 0.320. The van der Waals surface area contributed by atoms with Gasteiger partial charge in [-0.25, -0.2) is 0 Å². The summed E-state index contributed by atoms with van der Waals surface area (Å²) >= 11 is 1.87. The van der Waals surface area contributed by atoms with Gasteiger partial charge in [-0.3, -0.25) is 0 Å². The summed E-state index contributed by atoms with van der Waals surface area (Å²) in [5.74, 6) is 0. The first-order valence-corrected chi connectivity index (χ1v) is 6.82. The van der Waals surface area contributed by atoms with Crippen molar-refractivity contribution < 1.29 is 0 Å². The van der Waals surface area contributed by atoms with E-state index in [-0.39, 0.29) is 0 Å². The van der Waals surface area contributed by atoms with Crippen LogP contribution in [0.25, 0.3) is 0 Å². The molecule has 0 saturated heterocycles. The van der Waals surface area contributed by atoms with Gasteiger partial charge in [0.1, 0.15) is 0 Å². The molecule has 84 valence electrons. The van der Waals surface area contributed by atoms with Crippen LogP contribution in [0.5, 0.6) is 0 Å². The Bertz CT molecular complexity index is 303. The second-order valence-electron chi connectivity index (χ2n) is 5.02. The molecule has 1 aliphatic rings. The summed E-state index contributed by atoms with van der Waals surface area (Å²) in [4.78, 5) is 1.50. The Labute approximate surface area is 96.7 Å². The minimum Gasteiger partial charge on any atom is -0.330 e. The molecule has 15 heavy (non-hydrogen) atoms. The van der Waals surface area contributed by atoms with Gasteiger partial charge >= 0.3 is 0 Å². The normalized spacial score (nSPS) is 22.3. The van der Waals surface area contributed by atoms with Gasteiger partial charge in [0, 0.05) is 16.8 Å². The fraction of sp³-hybridized carbons (Fsp3) is 0.692. The molecule has 1 saturated carbocycles. The van der Waals surface area contributed by atoms with E-state index in [1.165, 1.54) is 30.6 Å². The van der Waals surface area contributed by atoms with Crippen LogP contribution in [0.4, 0.5) is 0 Å². The van der Waals surface area contributed by atoms with Crippen LogP contribution in [-0.4, -0.2) is 6.54 Å². The molecule has 1 aromatic heterocycles. The lowest BCUT2D eigenvalue weighted by molar-refractivity contribution is 0.0205. The standard InChI is InChI=1S/C13H21NS/c1-3-12(4-2)8-13(9-12,10-14)11-6-5-7-15-11/h5-7H,3-4,8-10,14H2,1-2H3. The van der Waals surface area contributed by atoms with Crippen molar-refractivity contribution in [3.63, 3.8) is 0 Å². The number of hydrogen-bond acceptors (Lipinski definition) is 2. The highest BCUT2D eigenvalue weighted by Gasteiger charge is 2.52. The van der Waals surface area contributed by atoms with Gasteiger partial charge in [0.2, 0.25) is 0 Å². The van der Waals surface area contributed by atoms with Crippen LogP contribution in [0.2, 0.25) is 0 Å². The van der Waals surface area contributed by atoms with E-state index in [1.54, 1.807) is 0 Å². The average Bonchev–Trinajstić information content (AvgIpc) is 2.73. The van der Waals surface area contributed by atoms with E-state index in [1.807, 2.05) is 11.3 Å². The largest absolute Gasteiger partial charge is 0.330 e. The monoisotopic (exact) mass is 223 g/mol. The van der Waals surface area contributed by atoms with Crippen LogP contribution in [-0.2, 0) is 5.41 Å². The zero-order chi connectivity index (χ0) is 10.9. The Morgan fingerprint density at radius 1 is 1.33 bits per heavy atom. The van der Waals surface area contributed by atoms with Gasteiger partial charge in [-0.15, -0.1) is 11.3 Å². The second kappa shape index (κ2) is 3.91. The number of rotatable bonds is 4. The van der Waals surface area contributed by atoms with Crippen LogP contribution in [0.3, 0.4) is 0 Å². The highest BCUT2D eigenvalue weighted by molar-refractivity contribution is 7.10. The summed E-state index contributed by atoms with van der Waals surface area (Å²) in [6.07, 6.45) is 5.20. The van der Waals surface area contributed by atoms with Gasteiger partial charge in [0.05, 0.1) is 0 Å². The number of nitrogens with two attached hydrogens (primary N) is 1. The molecule has 0 aromatic carbocycles. The third-order valence-electron chi connectivity index (χ3n) is 4.36. The van der Waals surface area contributed by atoms with Crippen molar-refractivity contribution in [3.8, 4) is 0 Å². The maximum absolute atomic E-state index is 6.00. The molecule has 0 atom stereocenters. The van der Waals surface area contributed by atoms with E-state index in [0.29, 0.717) is 10.8 Å². The van der Waals surface area contributed by atoms with E-state index in [0.717, 1.165) is 6.54 Å². The van der Waals surface area contributed by atoms with Gasteiger partial charge in [0.15, 0.2) is 0 Å². The van der Waals surface area contributed by atoms with Crippen LogP contribution in [0, 0.1) is 5.41 Å². The summed E-state index contributed by atoms with van der Waals surface area (Å²) < 4.78 is 0. The van der Waals surface area contributed by atoms with Crippen molar-refractivity contribution in [2.45, 2.75) is 44.9 Å². The molecule has 1 aliphatic carbocycles. The fourth-order valence-corrected chi connectivity index (χ4v) is 4.07. The van der Waals surface area contributed by atoms with Gasteiger partial charge < -0.3 is 5.73 Å². The lowest BCUT2D eigenvalue weighted by atomic mass is 9.50. The van der Waals surface area contributed by atoms with Crippen molar-refractivity contribution in [2.24, 2.45) is 11.1 Å². The molecule has 0 amide bonds. The van der Waals surface area contributed by atoms with E-state index in [4.69, 9.17) is 5.73 Å². The first-order valence-electron chi connectivity index (χ1n) is 5.94. The zero-order valence-electron chi connectivity index (χ0n) is 9.75. The topological polar surface area (TPSA) is 26.0 Å². The molecule has 0 bridgehead atoms. The van der Waals surface area contributed by atoms with Crippen molar-refractivity contribution in [3.05, 3.63) is 22.4 Å². The van der Waals surface area contributed by atoms with Crippen molar-refractivity contribution in [1.82, 2.24) is 0 Å². The van der Waals surface area contributed by atoms with E-state index in [2.05, 4.69) is 31.4 Å². The van der Waals surface area contributed by atoms with Crippen molar-refractivity contribution >= 4 is 11.3 Å². The molecule has 2 heteroatoms. The lowest BCUT2D eigenvalue weighted by Gasteiger charge is -2.56. The van der Waals surface area contributed by atoms with Crippen LogP contribution in [0.1, 0.15) is 44.4 Å². The predicted molar refractivity (Wildman–Crippen MR) is 67.3 cm³/mol. The molecular formula is C13H21NS. The van der Waals surface area contributed by atoms with Crippen LogP contribution in [0.15, 0.2) is 17.5 Å². The van der Waals surface area contributed by atoms with Crippen LogP contribution >= 0.6 is 11.3 Å². The van der Waals surface area contributed by atoms with E-state index in [9.17, 15) is 0 Å². The highest BCUT2D eigenvalue weighted by Crippen LogP contribution is 2.59. The Kier molecular flexibility index (Phi) is 2.91. The predicted octanol–water partition coefficient (Wildman–Crippen LogP) is 3.54. The molecule has 1 nitrogen and oxygen atoms in total. The second-order valence-corrected chi connectivity index (χ2v) is 5.97. The Morgan fingerprint density at radius 3 is 2.40 bits per heavy atom. The molecule has 2 N–H and O–H groups in total. The minimum absolute atomic E-state index is 0.320. The Balaban J connectivity index is 2.17. The average molecular weight is 223 g/mol. The quantitative estimate of drug-likeness (QED) is 0.830. The van der Waals surface area contributed by atoms with Gasteiger partial charge in [-0.2, -0.15) is 0 Å². The molecule has 1 heterocycles. The summed E-state index contributed by atoms with van der Waals surface area (Å²) in [5.41, 5.74) is 6.90. The van der Waals surface area contributed by atoms with Crippen molar-refractivity contribution in [1.29, 1.82) is 0 Å². The smallest absolute Gasteiger partial charge is 0.0180 e. The molecular weight excluding hydrogens is 202 g/mol. The van der Waals surface area contributed by atoms with Gasteiger partial charge in [-0.05, 0) is 29.7 Å².